The molecule has 97 heavy (non-hydrogen) atoms. The molecule has 0 spiro atoms. The molecule has 542 valence electrons. The maximum Gasteiger partial charge on any atom is 0.397 e. The van der Waals surface area contributed by atoms with Crippen molar-refractivity contribution in [2.24, 2.45) is 51.2 Å². The molecule has 21 atom stereocenters. The van der Waals surface area contributed by atoms with Crippen LogP contribution in [0, 0.1) is 57.8 Å². The van der Waals surface area contributed by atoms with Crippen molar-refractivity contribution in [1.82, 2.24) is 0 Å². The molecule has 4 aliphatic carbocycles. The highest BCUT2D eigenvalue weighted by Gasteiger charge is 2.79. The van der Waals surface area contributed by atoms with E-state index in [9.17, 15) is 68.4 Å². The molecule has 12 fully saturated rings. The Balaban J connectivity index is 0.000000163. The lowest BCUT2D eigenvalue weighted by Crippen LogP contribution is -2.47. The highest BCUT2D eigenvalue weighted by atomic mass is 32.2. The van der Waals surface area contributed by atoms with Crippen molar-refractivity contribution in [2.45, 2.75) is 242 Å². The second kappa shape index (κ2) is 28.4. The van der Waals surface area contributed by atoms with Crippen molar-refractivity contribution < 1.29 is 143 Å². The van der Waals surface area contributed by atoms with Crippen LogP contribution in [0.2, 0.25) is 0 Å². The summed E-state index contributed by atoms with van der Waals surface area (Å²) in [4.78, 5) is 127. The molecule has 8 aliphatic heterocycles. The Bertz CT molecular complexity index is 3420. The molecule has 8 saturated heterocycles. The van der Waals surface area contributed by atoms with Crippen LogP contribution in [-0.2, 0) is 148 Å². The molecule has 0 N–H and O–H groups in total. The molecule has 0 aromatic heterocycles. The van der Waals surface area contributed by atoms with E-state index in [0.717, 1.165) is 0 Å². The lowest BCUT2D eigenvalue weighted by molar-refractivity contribution is -0.192. The third-order valence-corrected chi connectivity index (χ3v) is 26.7. The SMILES string of the molecule is CCC(C)(C)C(=O)OCC(=O)OC1C2CC3C(O2)C1OS3(=O)=O.CCC(C)(C)C(=O)OCC(=O)OC1C2CC3C1OS(=O)(=O)C3C2.CCC(C)(C)C(=O)OCC(=O)OC1C2CC3C1OS(=O)(=O)C3C2C.O=C=O.[C-]#[N+]C12CC3OC1C(OC2=O)C3OC(=O)COC(=O)C(C)(C)CC. The van der Waals surface area contributed by atoms with Crippen LogP contribution in [0.3, 0.4) is 0 Å². The Hall–Kier alpha value is -6.25. The van der Waals surface area contributed by atoms with Gasteiger partial charge in [0.25, 0.3) is 30.4 Å². The van der Waals surface area contributed by atoms with Crippen LogP contribution in [0.1, 0.15) is 148 Å². The minimum absolute atomic E-state index is 0.0130. The van der Waals surface area contributed by atoms with Crippen LogP contribution < -0.4 is 0 Å². The Morgan fingerprint density at radius 2 is 0.907 bits per heavy atom. The zero-order chi connectivity index (χ0) is 72.2. The van der Waals surface area contributed by atoms with E-state index < -0.39 is 227 Å². The summed E-state index contributed by atoms with van der Waals surface area (Å²) >= 11 is 0. The first kappa shape index (κ1) is 76.5. The summed E-state index contributed by atoms with van der Waals surface area (Å²) < 4.78 is 144. The number of fused-ring (bicyclic) bond motifs is 4. The fourth-order valence-corrected chi connectivity index (χ4v) is 19.7. The Morgan fingerprint density at radius 3 is 1.36 bits per heavy atom. The van der Waals surface area contributed by atoms with Crippen LogP contribution in [-0.4, -0.2) is 206 Å². The van der Waals surface area contributed by atoms with Crippen molar-refractivity contribution in [3.63, 3.8) is 0 Å². The number of carbonyl (C=O) groups is 9. The number of hydrogen-bond donors (Lipinski definition) is 0. The van der Waals surface area contributed by atoms with Gasteiger partial charge in [-0.1, -0.05) is 34.6 Å². The van der Waals surface area contributed by atoms with Gasteiger partial charge in [-0.05, 0) is 113 Å². The van der Waals surface area contributed by atoms with E-state index in [1.165, 1.54) is 0 Å². The lowest BCUT2D eigenvalue weighted by atomic mass is 9.82. The third kappa shape index (κ3) is 15.0. The van der Waals surface area contributed by atoms with E-state index >= 15 is 0 Å². The van der Waals surface area contributed by atoms with Crippen LogP contribution in [0.5, 0.6) is 0 Å². The lowest BCUT2D eigenvalue weighted by Gasteiger charge is -2.29. The summed E-state index contributed by atoms with van der Waals surface area (Å²) in [5.41, 5.74) is -3.95. The van der Waals surface area contributed by atoms with Gasteiger partial charge in [-0.25, -0.2) is 30.5 Å². The van der Waals surface area contributed by atoms with Crippen LogP contribution in [0.25, 0.3) is 4.85 Å². The van der Waals surface area contributed by atoms with Crippen molar-refractivity contribution >= 4 is 90.2 Å². The molecule has 32 nitrogen and oxygen atoms in total. The number of hydrogen-bond acceptors (Lipinski definition) is 31. The van der Waals surface area contributed by atoms with Gasteiger partial charge >= 0.3 is 65.4 Å². The summed E-state index contributed by atoms with van der Waals surface area (Å²) in [5.74, 6) is -5.58. The number of carbonyl (C=O) groups excluding carboxylic acids is 11. The van der Waals surface area contributed by atoms with Gasteiger partial charge in [0.15, 0.2) is 50.8 Å². The molecule has 0 amide bonds. The highest BCUT2D eigenvalue weighted by Crippen LogP contribution is 2.59. The zero-order valence-corrected chi connectivity index (χ0v) is 58.5. The average Bonchev–Trinajstić information content (AvgIpc) is 1.56. The fourth-order valence-electron chi connectivity index (χ4n) is 14.1. The first-order valence-corrected chi connectivity index (χ1v) is 36.6. The minimum atomic E-state index is -3.65. The first-order valence-electron chi connectivity index (χ1n) is 32.2. The Morgan fingerprint density at radius 1 is 0.505 bits per heavy atom. The maximum absolute atomic E-state index is 12.0. The molecule has 35 heteroatoms. The molecular formula is C62H85NO31S3. The second-order valence-electron chi connectivity index (χ2n) is 28.8. The van der Waals surface area contributed by atoms with E-state index in [1.54, 1.807) is 55.4 Å². The molecule has 8 heterocycles. The molecule has 8 bridgehead atoms. The van der Waals surface area contributed by atoms with Crippen LogP contribution >= 0.6 is 0 Å². The second-order valence-corrected chi connectivity index (χ2v) is 34.0. The number of ether oxygens (including phenoxy) is 11. The number of rotatable bonds is 20. The largest absolute Gasteiger partial charge is 0.457 e. The minimum Gasteiger partial charge on any atom is -0.457 e. The monoisotopic (exact) mass is 1440 g/mol. The van der Waals surface area contributed by atoms with E-state index in [4.69, 9.17) is 80.8 Å². The molecule has 12 rings (SSSR count). The fraction of sp³-hybridized carbons (Fsp3) is 0.823. The highest BCUT2D eigenvalue weighted by molar-refractivity contribution is 7.88. The summed E-state index contributed by atoms with van der Waals surface area (Å²) in [6, 6.07) is 0. The quantitative estimate of drug-likeness (QED) is 0.0731. The Labute approximate surface area is 561 Å². The van der Waals surface area contributed by atoms with Gasteiger partial charge in [0.1, 0.15) is 48.0 Å². The molecule has 4 saturated carbocycles. The molecule has 0 aromatic rings. The predicted molar refractivity (Wildman–Crippen MR) is 320 cm³/mol. The van der Waals surface area contributed by atoms with Crippen molar-refractivity contribution in [2.75, 3.05) is 26.4 Å². The third-order valence-electron chi connectivity index (χ3n) is 21.3. The number of esters is 9. The van der Waals surface area contributed by atoms with E-state index in [0.29, 0.717) is 44.9 Å². The smallest absolute Gasteiger partial charge is 0.397 e. The number of nitrogens with zero attached hydrogens (tertiary/aromatic N) is 1. The summed E-state index contributed by atoms with van der Waals surface area (Å²) in [7, 11) is -10.7. The van der Waals surface area contributed by atoms with E-state index in [-0.39, 0.29) is 48.6 Å². The van der Waals surface area contributed by atoms with Gasteiger partial charge in [0, 0.05) is 23.7 Å². The van der Waals surface area contributed by atoms with Crippen molar-refractivity contribution in [1.29, 1.82) is 0 Å². The zero-order valence-electron chi connectivity index (χ0n) is 56.1. The van der Waals surface area contributed by atoms with Crippen LogP contribution in [0.4, 0.5) is 0 Å². The van der Waals surface area contributed by atoms with Crippen molar-refractivity contribution in [3.8, 4) is 0 Å². The predicted octanol–water partition coefficient (Wildman–Crippen LogP) is 2.47. The molecule has 21 unspecified atom stereocenters. The van der Waals surface area contributed by atoms with E-state index in [1.807, 2.05) is 34.6 Å². The molecule has 12 aliphatic rings. The van der Waals surface area contributed by atoms with Gasteiger partial charge in [0.2, 0.25) is 0 Å². The van der Waals surface area contributed by atoms with Gasteiger partial charge < -0.3 is 52.1 Å². The molecule has 0 radical (unpaired) electrons. The van der Waals surface area contributed by atoms with Gasteiger partial charge in [-0.3, -0.25) is 36.6 Å². The van der Waals surface area contributed by atoms with Gasteiger partial charge in [0.05, 0.1) is 44.7 Å². The summed E-state index contributed by atoms with van der Waals surface area (Å²) in [6.07, 6.45) is -2.84. The average molecular weight is 1440 g/mol. The van der Waals surface area contributed by atoms with Crippen LogP contribution in [0.15, 0.2) is 0 Å². The topological polar surface area (TPSA) is 424 Å². The summed E-state index contributed by atoms with van der Waals surface area (Å²) in [5, 5.41) is -1.60. The first-order chi connectivity index (χ1) is 45.1. The molecule has 0 aromatic carbocycles. The standard InChI is InChI=1S/C16H19NO7.C16H24O7S.C15H22O7S.C14H20O8S.CO2/c1-5-15(2,3)13(19)21-7-9(18)23-10-8-6-16(17-4)12(22-8)11(10)24-14(16)20;1-5-16(3,4)15(18)21-7-11(17)22-12-9-6-10-13(12)23-24(19,20)14(10)8(9)2;1-4-15(2,3)14(17)20-7-11(16)21-12-8-5-9-10(6-8)23(18,19)22-13(9)12;1-4-14(2,3)13(16)19-6-9(15)21-10-7-5-8-11(20-7)12(10)22-23(8,17)18;2-1-3/h8,10-12H,5-7H2,1-3H3;8-10,12-14H,5-7H2,1-4H3;8-10,12-13H,4-7H2,1-3H3;7-8,10-12H,4-6H2,1-3H3;. The normalized spacial score (nSPS) is 36.2. The summed E-state index contributed by atoms with van der Waals surface area (Å²) in [6.45, 7) is 28.5. The van der Waals surface area contributed by atoms with E-state index in [2.05, 4.69) is 4.85 Å². The Kier molecular flexibility index (Phi) is 22.4. The van der Waals surface area contributed by atoms with Gasteiger partial charge in [-0.15, -0.1) is 0 Å². The van der Waals surface area contributed by atoms with Gasteiger partial charge in [-0.2, -0.15) is 34.8 Å². The van der Waals surface area contributed by atoms with Crippen molar-refractivity contribution in [3.05, 3.63) is 11.4 Å². The maximum atomic E-state index is 12.0. The molecular weight excluding hydrogens is 1350 g/mol.